The maximum Gasteiger partial charge on any atom is 0.233 e. The van der Waals surface area contributed by atoms with Crippen molar-refractivity contribution in [3.8, 4) is 0 Å². The molecule has 0 saturated carbocycles. The standard InChI is InChI=1S/C15H18N4OS/c1-10(21-15-16-9-17-19-15)14(20)18-13-8-4-6-11-5-2-3-7-12(11)13/h2-3,5,7,9-10,13H,4,6,8H2,1H3,(H,18,20)(H,16,17,19)/t10-,13+/m1/s1. The molecule has 5 nitrogen and oxygen atoms in total. The summed E-state index contributed by atoms with van der Waals surface area (Å²) in [6, 6.07) is 8.50. The molecule has 6 heteroatoms. The second-order valence-corrected chi connectivity index (χ2v) is 6.53. The third-order valence-electron chi connectivity index (χ3n) is 3.74. The monoisotopic (exact) mass is 302 g/mol. The van der Waals surface area contributed by atoms with Crippen LogP contribution in [0.5, 0.6) is 0 Å². The predicted octanol–water partition coefficient (Wildman–Crippen LogP) is 2.48. The normalized spacial score (nSPS) is 18.8. The SMILES string of the molecule is C[C@@H](Sc1ncn[nH]1)C(=O)N[C@H]1CCCc2ccccc21. The first-order chi connectivity index (χ1) is 10.2. The lowest BCUT2D eigenvalue weighted by molar-refractivity contribution is -0.121. The largest absolute Gasteiger partial charge is 0.348 e. The molecule has 1 heterocycles. The number of aromatic nitrogens is 3. The van der Waals surface area contributed by atoms with Crippen molar-refractivity contribution in [2.24, 2.45) is 0 Å². The summed E-state index contributed by atoms with van der Waals surface area (Å²) in [5.41, 5.74) is 2.61. The van der Waals surface area contributed by atoms with E-state index in [1.165, 1.54) is 29.2 Å². The van der Waals surface area contributed by atoms with Crippen LogP contribution in [0.25, 0.3) is 0 Å². The van der Waals surface area contributed by atoms with Gasteiger partial charge in [-0.25, -0.2) is 4.98 Å². The Kier molecular flexibility index (Phi) is 4.24. The van der Waals surface area contributed by atoms with Crippen LogP contribution < -0.4 is 5.32 Å². The molecule has 0 bridgehead atoms. The molecule has 0 radical (unpaired) electrons. The second-order valence-electron chi connectivity index (χ2n) is 5.20. The molecule has 0 spiro atoms. The van der Waals surface area contributed by atoms with Crippen LogP contribution in [0.1, 0.15) is 36.9 Å². The van der Waals surface area contributed by atoms with E-state index in [1.807, 2.05) is 13.0 Å². The van der Waals surface area contributed by atoms with E-state index in [0.717, 1.165) is 19.3 Å². The molecule has 2 N–H and O–H groups in total. The van der Waals surface area contributed by atoms with Gasteiger partial charge in [0.05, 0.1) is 11.3 Å². The molecular weight excluding hydrogens is 284 g/mol. The molecule has 1 aliphatic rings. The number of benzene rings is 1. The highest BCUT2D eigenvalue weighted by atomic mass is 32.2. The lowest BCUT2D eigenvalue weighted by Crippen LogP contribution is -2.35. The van der Waals surface area contributed by atoms with Crippen LogP contribution in [0.3, 0.4) is 0 Å². The highest BCUT2D eigenvalue weighted by Gasteiger charge is 2.24. The predicted molar refractivity (Wildman–Crippen MR) is 82.0 cm³/mol. The molecule has 1 amide bonds. The zero-order chi connectivity index (χ0) is 14.7. The van der Waals surface area contributed by atoms with E-state index >= 15 is 0 Å². The Morgan fingerprint density at radius 3 is 3.14 bits per heavy atom. The summed E-state index contributed by atoms with van der Waals surface area (Å²) in [5, 5.41) is 10.2. The Hall–Kier alpha value is -1.82. The number of aryl methyl sites for hydroxylation is 1. The van der Waals surface area contributed by atoms with E-state index in [9.17, 15) is 4.79 Å². The Labute approximate surface area is 127 Å². The van der Waals surface area contributed by atoms with Crippen LogP contribution in [-0.2, 0) is 11.2 Å². The first-order valence-corrected chi connectivity index (χ1v) is 8.02. The topological polar surface area (TPSA) is 70.7 Å². The summed E-state index contributed by atoms with van der Waals surface area (Å²) in [5.74, 6) is 0.0399. The number of hydrogen-bond donors (Lipinski definition) is 2. The van der Waals surface area contributed by atoms with Crippen LogP contribution in [-0.4, -0.2) is 26.3 Å². The van der Waals surface area contributed by atoms with Crippen LogP contribution in [0.4, 0.5) is 0 Å². The molecule has 0 aliphatic heterocycles. The van der Waals surface area contributed by atoms with Gasteiger partial charge in [-0.2, -0.15) is 5.10 Å². The fourth-order valence-electron chi connectivity index (χ4n) is 2.66. The lowest BCUT2D eigenvalue weighted by Gasteiger charge is -2.27. The number of nitrogens with one attached hydrogen (secondary N) is 2. The molecule has 1 aromatic carbocycles. The summed E-state index contributed by atoms with van der Waals surface area (Å²) >= 11 is 1.39. The third-order valence-corrected chi connectivity index (χ3v) is 4.72. The molecule has 2 aromatic rings. The second kappa shape index (κ2) is 6.30. The summed E-state index contributed by atoms with van der Waals surface area (Å²) in [6.07, 6.45) is 4.67. The molecule has 0 unspecified atom stereocenters. The number of carbonyl (C=O) groups excluding carboxylic acids is 1. The van der Waals surface area contributed by atoms with Gasteiger partial charge in [0, 0.05) is 0 Å². The number of carbonyl (C=O) groups is 1. The van der Waals surface area contributed by atoms with Gasteiger partial charge in [0.25, 0.3) is 0 Å². The highest BCUT2D eigenvalue weighted by Crippen LogP contribution is 2.30. The Morgan fingerprint density at radius 2 is 2.33 bits per heavy atom. The van der Waals surface area contributed by atoms with E-state index in [0.29, 0.717) is 5.16 Å². The summed E-state index contributed by atoms with van der Waals surface area (Å²) in [6.45, 7) is 1.89. The minimum atomic E-state index is -0.202. The fraction of sp³-hybridized carbons (Fsp3) is 0.400. The van der Waals surface area contributed by atoms with E-state index in [2.05, 4.69) is 38.7 Å². The molecular formula is C15H18N4OS. The van der Waals surface area contributed by atoms with Crippen LogP contribution in [0.15, 0.2) is 35.7 Å². The number of rotatable bonds is 4. The van der Waals surface area contributed by atoms with Crippen molar-refractivity contribution in [3.05, 3.63) is 41.7 Å². The van der Waals surface area contributed by atoms with Gasteiger partial charge in [-0.3, -0.25) is 9.89 Å². The smallest absolute Gasteiger partial charge is 0.233 e. The van der Waals surface area contributed by atoms with Gasteiger partial charge in [0.15, 0.2) is 5.16 Å². The molecule has 0 saturated heterocycles. The number of fused-ring (bicyclic) bond motifs is 1. The minimum absolute atomic E-state index is 0.0399. The van der Waals surface area contributed by atoms with Crippen molar-refractivity contribution < 1.29 is 4.79 Å². The van der Waals surface area contributed by atoms with Crippen molar-refractivity contribution >= 4 is 17.7 Å². The van der Waals surface area contributed by atoms with E-state index in [4.69, 9.17) is 0 Å². The van der Waals surface area contributed by atoms with Crippen molar-refractivity contribution in [1.82, 2.24) is 20.5 Å². The zero-order valence-electron chi connectivity index (χ0n) is 11.9. The average Bonchev–Trinajstić information content (AvgIpc) is 3.00. The summed E-state index contributed by atoms with van der Waals surface area (Å²) in [4.78, 5) is 16.4. The average molecular weight is 302 g/mol. The van der Waals surface area contributed by atoms with Gasteiger partial charge in [0.1, 0.15) is 6.33 Å². The van der Waals surface area contributed by atoms with Crippen LogP contribution in [0.2, 0.25) is 0 Å². The molecule has 0 fully saturated rings. The highest BCUT2D eigenvalue weighted by molar-refractivity contribution is 8.00. The van der Waals surface area contributed by atoms with Gasteiger partial charge in [-0.05, 0) is 37.3 Å². The summed E-state index contributed by atoms with van der Waals surface area (Å²) < 4.78 is 0. The maximum absolute atomic E-state index is 12.4. The first-order valence-electron chi connectivity index (χ1n) is 7.14. The maximum atomic E-state index is 12.4. The number of hydrogen-bond acceptors (Lipinski definition) is 4. The van der Waals surface area contributed by atoms with E-state index in [-0.39, 0.29) is 17.2 Å². The van der Waals surface area contributed by atoms with E-state index < -0.39 is 0 Å². The van der Waals surface area contributed by atoms with Crippen molar-refractivity contribution in [2.45, 2.75) is 42.6 Å². The number of thioether (sulfide) groups is 1. The van der Waals surface area contributed by atoms with Gasteiger partial charge in [0.2, 0.25) is 5.91 Å². The lowest BCUT2D eigenvalue weighted by atomic mass is 9.88. The molecule has 21 heavy (non-hydrogen) atoms. The number of H-pyrrole nitrogens is 1. The van der Waals surface area contributed by atoms with Gasteiger partial charge in [-0.1, -0.05) is 36.0 Å². The van der Waals surface area contributed by atoms with E-state index in [1.54, 1.807) is 0 Å². The number of amides is 1. The number of aromatic amines is 1. The quantitative estimate of drug-likeness (QED) is 0.851. The molecule has 3 rings (SSSR count). The Morgan fingerprint density at radius 1 is 1.48 bits per heavy atom. The molecule has 2 atom stereocenters. The zero-order valence-corrected chi connectivity index (χ0v) is 12.7. The van der Waals surface area contributed by atoms with Gasteiger partial charge < -0.3 is 5.32 Å². The first kappa shape index (κ1) is 14.1. The number of nitrogens with zero attached hydrogens (tertiary/aromatic N) is 2. The van der Waals surface area contributed by atoms with Crippen LogP contribution in [0, 0.1) is 0 Å². The molecule has 1 aromatic heterocycles. The molecule has 1 aliphatic carbocycles. The Bertz CT molecular complexity index is 614. The van der Waals surface area contributed by atoms with Crippen LogP contribution >= 0.6 is 11.8 Å². The Balaban J connectivity index is 1.65. The van der Waals surface area contributed by atoms with Crippen molar-refractivity contribution in [1.29, 1.82) is 0 Å². The molecule has 110 valence electrons. The van der Waals surface area contributed by atoms with Crippen molar-refractivity contribution in [3.63, 3.8) is 0 Å². The van der Waals surface area contributed by atoms with Gasteiger partial charge >= 0.3 is 0 Å². The minimum Gasteiger partial charge on any atom is -0.348 e. The van der Waals surface area contributed by atoms with Gasteiger partial charge in [-0.15, -0.1) is 0 Å². The van der Waals surface area contributed by atoms with Crippen molar-refractivity contribution in [2.75, 3.05) is 0 Å². The fourth-order valence-corrected chi connectivity index (χ4v) is 3.39. The summed E-state index contributed by atoms with van der Waals surface area (Å²) in [7, 11) is 0. The third kappa shape index (κ3) is 3.26.